The van der Waals surface area contributed by atoms with Gasteiger partial charge in [0, 0.05) is 17.1 Å². The number of amides is 1. The van der Waals surface area contributed by atoms with E-state index < -0.39 is 0 Å². The minimum Gasteiger partial charge on any atom is -0.325 e. The molecule has 3 nitrogen and oxygen atoms in total. The topological polar surface area (TPSA) is 41.1 Å². The zero-order valence-electron chi connectivity index (χ0n) is 13.1. The molecule has 0 aliphatic rings. The fourth-order valence-electron chi connectivity index (χ4n) is 2.09. The second kappa shape index (κ2) is 8.61. The fraction of sp³-hybridized carbons (Fsp3) is 0.278. The lowest BCUT2D eigenvalue weighted by Gasteiger charge is -2.08. The molecule has 0 saturated heterocycles. The molecule has 0 fully saturated rings. The second-order valence-corrected chi connectivity index (χ2v) is 6.10. The maximum Gasteiger partial charge on any atom is 0.234 e. The highest BCUT2D eigenvalue weighted by atomic mass is 32.2. The van der Waals surface area contributed by atoms with Crippen LogP contribution in [0.25, 0.3) is 0 Å². The molecule has 0 spiro atoms. The smallest absolute Gasteiger partial charge is 0.234 e. The Balaban J connectivity index is 1.88. The number of nitrogens with one attached hydrogen (secondary N) is 2. The van der Waals surface area contributed by atoms with Crippen molar-refractivity contribution in [3.05, 3.63) is 59.7 Å². The molecule has 2 aromatic rings. The number of benzene rings is 2. The molecule has 0 radical (unpaired) electrons. The molecule has 1 amide bonds. The molecule has 4 heteroatoms. The van der Waals surface area contributed by atoms with Gasteiger partial charge in [0.05, 0.1) is 5.75 Å². The van der Waals surface area contributed by atoms with Gasteiger partial charge in [0.25, 0.3) is 0 Å². The molecular weight excluding hydrogens is 292 g/mol. The summed E-state index contributed by atoms with van der Waals surface area (Å²) in [4.78, 5) is 13.2. The van der Waals surface area contributed by atoms with Gasteiger partial charge in [-0.2, -0.15) is 0 Å². The third kappa shape index (κ3) is 5.20. The monoisotopic (exact) mass is 314 g/mol. The first-order valence-electron chi connectivity index (χ1n) is 7.47. The Kier molecular flexibility index (Phi) is 6.49. The van der Waals surface area contributed by atoms with E-state index >= 15 is 0 Å². The van der Waals surface area contributed by atoms with Crippen molar-refractivity contribution < 1.29 is 4.79 Å². The van der Waals surface area contributed by atoms with Crippen LogP contribution in [0.3, 0.4) is 0 Å². The van der Waals surface area contributed by atoms with Crippen LogP contribution >= 0.6 is 11.8 Å². The third-order valence-corrected chi connectivity index (χ3v) is 4.42. The highest BCUT2D eigenvalue weighted by Gasteiger charge is 2.05. The molecule has 0 saturated carbocycles. The van der Waals surface area contributed by atoms with Crippen LogP contribution in [0, 0.1) is 6.92 Å². The van der Waals surface area contributed by atoms with Crippen molar-refractivity contribution in [1.29, 1.82) is 0 Å². The summed E-state index contributed by atoms with van der Waals surface area (Å²) >= 11 is 1.57. The minimum atomic E-state index is 0.0221. The van der Waals surface area contributed by atoms with Crippen molar-refractivity contribution in [2.75, 3.05) is 17.6 Å². The van der Waals surface area contributed by atoms with Crippen LogP contribution in [0.15, 0.2) is 53.4 Å². The van der Waals surface area contributed by atoms with Crippen molar-refractivity contribution in [2.24, 2.45) is 0 Å². The van der Waals surface area contributed by atoms with Gasteiger partial charge in [-0.3, -0.25) is 4.79 Å². The van der Waals surface area contributed by atoms with Crippen LogP contribution in [0.5, 0.6) is 0 Å². The standard InChI is InChI=1S/C18H22N2OS/c1-3-19-12-15-8-6-9-16(11-15)20-18(21)13-22-17-10-5-4-7-14(17)2/h4-11,19H,3,12-13H2,1-2H3,(H,20,21). The Labute approximate surface area is 136 Å². The molecule has 2 N–H and O–H groups in total. The number of carbonyl (C=O) groups is 1. The van der Waals surface area contributed by atoms with Gasteiger partial charge < -0.3 is 10.6 Å². The SMILES string of the molecule is CCNCc1cccc(NC(=O)CSc2ccccc2C)c1. The zero-order valence-corrected chi connectivity index (χ0v) is 13.9. The van der Waals surface area contributed by atoms with E-state index in [1.807, 2.05) is 36.4 Å². The Bertz CT molecular complexity index is 628. The van der Waals surface area contributed by atoms with E-state index in [2.05, 4.69) is 36.6 Å². The van der Waals surface area contributed by atoms with Crippen LogP contribution in [0.2, 0.25) is 0 Å². The van der Waals surface area contributed by atoms with E-state index in [9.17, 15) is 4.79 Å². The summed E-state index contributed by atoms with van der Waals surface area (Å²) in [6.07, 6.45) is 0. The quantitative estimate of drug-likeness (QED) is 0.763. The zero-order chi connectivity index (χ0) is 15.8. The lowest BCUT2D eigenvalue weighted by Crippen LogP contribution is -2.15. The van der Waals surface area contributed by atoms with E-state index in [0.717, 1.165) is 23.7 Å². The second-order valence-electron chi connectivity index (χ2n) is 5.08. The first-order valence-corrected chi connectivity index (χ1v) is 8.45. The molecule has 0 unspecified atom stereocenters. The Morgan fingerprint density at radius 3 is 2.73 bits per heavy atom. The van der Waals surface area contributed by atoms with E-state index in [0.29, 0.717) is 5.75 Å². The van der Waals surface area contributed by atoms with Crippen LogP contribution in [0.1, 0.15) is 18.1 Å². The minimum absolute atomic E-state index is 0.0221. The number of aryl methyl sites for hydroxylation is 1. The Morgan fingerprint density at radius 2 is 1.95 bits per heavy atom. The summed E-state index contributed by atoms with van der Waals surface area (Å²) < 4.78 is 0. The number of rotatable bonds is 7. The summed E-state index contributed by atoms with van der Waals surface area (Å²) in [5, 5.41) is 6.24. The lowest BCUT2D eigenvalue weighted by atomic mass is 10.2. The average molecular weight is 314 g/mol. The maximum absolute atomic E-state index is 12.1. The van der Waals surface area contributed by atoms with Gasteiger partial charge in [-0.1, -0.05) is 37.3 Å². The molecule has 0 atom stereocenters. The predicted octanol–water partition coefficient (Wildman–Crippen LogP) is 3.84. The molecule has 2 rings (SSSR count). The van der Waals surface area contributed by atoms with Crippen molar-refractivity contribution >= 4 is 23.4 Å². The molecule has 0 aromatic heterocycles. The first-order chi connectivity index (χ1) is 10.7. The molecule has 0 bridgehead atoms. The third-order valence-electron chi connectivity index (χ3n) is 3.24. The number of hydrogen-bond acceptors (Lipinski definition) is 3. The highest BCUT2D eigenvalue weighted by molar-refractivity contribution is 8.00. The molecule has 22 heavy (non-hydrogen) atoms. The summed E-state index contributed by atoms with van der Waals surface area (Å²) in [7, 11) is 0. The fourth-order valence-corrected chi connectivity index (χ4v) is 2.92. The Morgan fingerprint density at radius 1 is 1.14 bits per heavy atom. The van der Waals surface area contributed by atoms with Gasteiger partial charge >= 0.3 is 0 Å². The first kappa shape index (κ1) is 16.6. The normalized spacial score (nSPS) is 10.5. The maximum atomic E-state index is 12.1. The van der Waals surface area contributed by atoms with Gasteiger partial charge in [0.2, 0.25) is 5.91 Å². The summed E-state index contributed by atoms with van der Waals surface area (Å²) in [5.41, 5.74) is 3.23. The predicted molar refractivity (Wildman–Crippen MR) is 94.4 cm³/mol. The van der Waals surface area contributed by atoms with Crippen molar-refractivity contribution in [3.63, 3.8) is 0 Å². The van der Waals surface area contributed by atoms with Crippen LogP contribution in [-0.2, 0) is 11.3 Å². The lowest BCUT2D eigenvalue weighted by molar-refractivity contribution is -0.113. The Hall–Kier alpha value is -1.78. The van der Waals surface area contributed by atoms with Crippen molar-refractivity contribution in [3.8, 4) is 0 Å². The molecule has 0 heterocycles. The van der Waals surface area contributed by atoms with Gasteiger partial charge in [0.15, 0.2) is 0 Å². The average Bonchev–Trinajstić information content (AvgIpc) is 2.52. The summed E-state index contributed by atoms with van der Waals surface area (Å²) in [5.74, 6) is 0.441. The van der Waals surface area contributed by atoms with Crippen LogP contribution in [0.4, 0.5) is 5.69 Å². The van der Waals surface area contributed by atoms with Gasteiger partial charge in [-0.05, 0) is 42.8 Å². The van der Waals surface area contributed by atoms with Gasteiger partial charge in [-0.25, -0.2) is 0 Å². The van der Waals surface area contributed by atoms with Crippen LogP contribution < -0.4 is 10.6 Å². The number of thioether (sulfide) groups is 1. The van der Waals surface area contributed by atoms with E-state index in [1.165, 1.54) is 11.1 Å². The molecule has 116 valence electrons. The van der Waals surface area contributed by atoms with Crippen LogP contribution in [-0.4, -0.2) is 18.2 Å². The highest BCUT2D eigenvalue weighted by Crippen LogP contribution is 2.22. The molecule has 2 aromatic carbocycles. The molecule has 0 aliphatic heterocycles. The van der Waals surface area contributed by atoms with E-state index in [4.69, 9.17) is 0 Å². The van der Waals surface area contributed by atoms with Gasteiger partial charge in [-0.15, -0.1) is 11.8 Å². The number of carbonyl (C=O) groups excluding carboxylic acids is 1. The number of hydrogen-bond donors (Lipinski definition) is 2. The molecular formula is C18H22N2OS. The van der Waals surface area contributed by atoms with E-state index in [-0.39, 0.29) is 5.91 Å². The van der Waals surface area contributed by atoms with Gasteiger partial charge in [0.1, 0.15) is 0 Å². The van der Waals surface area contributed by atoms with E-state index in [1.54, 1.807) is 11.8 Å². The summed E-state index contributed by atoms with van der Waals surface area (Å²) in [6, 6.07) is 16.1. The van der Waals surface area contributed by atoms with Crippen molar-refractivity contribution in [2.45, 2.75) is 25.3 Å². The largest absolute Gasteiger partial charge is 0.325 e. The molecule has 0 aliphatic carbocycles. The number of anilines is 1. The van der Waals surface area contributed by atoms with Crippen molar-refractivity contribution in [1.82, 2.24) is 5.32 Å². The summed E-state index contributed by atoms with van der Waals surface area (Å²) in [6.45, 7) is 5.89.